The molecule has 1 aliphatic rings. The lowest BCUT2D eigenvalue weighted by atomic mass is 10.2. The number of aromatic nitrogens is 2. The molecule has 1 N–H and O–H groups in total. The van der Waals surface area contributed by atoms with E-state index in [4.69, 9.17) is 4.74 Å². The van der Waals surface area contributed by atoms with E-state index in [1.54, 1.807) is 12.3 Å². The highest BCUT2D eigenvalue weighted by Gasteiger charge is 2.24. The summed E-state index contributed by atoms with van der Waals surface area (Å²) in [6.07, 6.45) is 5.59. The van der Waals surface area contributed by atoms with Crippen molar-refractivity contribution in [1.82, 2.24) is 9.97 Å². The van der Waals surface area contributed by atoms with Crippen molar-refractivity contribution in [1.29, 1.82) is 0 Å². The van der Waals surface area contributed by atoms with Crippen LogP contribution in [0.25, 0.3) is 0 Å². The third kappa shape index (κ3) is 4.56. The molecule has 2 rings (SSSR count). The van der Waals surface area contributed by atoms with E-state index in [-0.39, 0.29) is 6.10 Å². The van der Waals surface area contributed by atoms with Crippen LogP contribution in [0.5, 0.6) is 5.88 Å². The van der Waals surface area contributed by atoms with Crippen molar-refractivity contribution in [2.75, 3.05) is 11.1 Å². The number of nitrogens with zero attached hydrogens (tertiary/aromatic N) is 2. The fourth-order valence-electron chi connectivity index (χ4n) is 2.36. The van der Waals surface area contributed by atoms with Gasteiger partial charge in [0, 0.05) is 23.6 Å². The second-order valence-electron chi connectivity index (χ2n) is 5.12. The number of ether oxygens (including phenoxy) is 1. The van der Waals surface area contributed by atoms with E-state index < -0.39 is 0 Å². The number of hydrogen-bond acceptors (Lipinski definition) is 5. The van der Waals surface area contributed by atoms with Crippen LogP contribution in [-0.2, 0) is 0 Å². The first kappa shape index (κ1) is 14.4. The molecule has 2 unspecified atom stereocenters. The van der Waals surface area contributed by atoms with Gasteiger partial charge in [-0.05, 0) is 38.9 Å². The van der Waals surface area contributed by atoms with Gasteiger partial charge in [0.25, 0.3) is 0 Å². The highest BCUT2D eigenvalue weighted by molar-refractivity contribution is 7.99. The number of nitrogens with one attached hydrogen (secondary N) is 1. The van der Waals surface area contributed by atoms with E-state index in [0.717, 1.165) is 5.25 Å². The van der Waals surface area contributed by atoms with Crippen LogP contribution in [0.3, 0.4) is 0 Å². The average Bonchev–Trinajstić information content (AvgIpc) is 2.76. The molecule has 1 aliphatic carbocycles. The van der Waals surface area contributed by atoms with Crippen molar-refractivity contribution < 1.29 is 4.74 Å². The summed E-state index contributed by atoms with van der Waals surface area (Å²) in [7, 11) is 0. The van der Waals surface area contributed by atoms with Crippen molar-refractivity contribution >= 4 is 17.7 Å². The molecule has 0 radical (unpaired) electrons. The Kier molecular flexibility index (Phi) is 5.31. The number of anilines is 1. The second kappa shape index (κ2) is 6.98. The highest BCUT2D eigenvalue weighted by Crippen LogP contribution is 2.31. The van der Waals surface area contributed by atoms with E-state index in [1.807, 2.05) is 13.8 Å². The molecule has 0 amide bonds. The summed E-state index contributed by atoms with van der Waals surface area (Å²) in [6, 6.07) is 2.30. The molecule has 0 spiro atoms. The summed E-state index contributed by atoms with van der Waals surface area (Å²) in [5.74, 6) is 2.53. The number of thioether (sulfide) groups is 1. The Balaban J connectivity index is 1.89. The van der Waals surface area contributed by atoms with Crippen LogP contribution < -0.4 is 10.1 Å². The fraction of sp³-hybridized carbons (Fsp3) is 0.714. The molecule has 106 valence electrons. The van der Waals surface area contributed by atoms with Crippen LogP contribution in [0.1, 0.15) is 40.0 Å². The summed E-state index contributed by atoms with van der Waals surface area (Å²) in [6.45, 7) is 6.22. The molecule has 1 saturated carbocycles. The van der Waals surface area contributed by atoms with E-state index in [1.165, 1.54) is 25.0 Å². The predicted octanol–water partition coefficient (Wildman–Crippen LogP) is 3.35. The van der Waals surface area contributed by atoms with Gasteiger partial charge in [-0.15, -0.1) is 0 Å². The topological polar surface area (TPSA) is 47.0 Å². The first-order valence-corrected chi connectivity index (χ1v) is 8.10. The minimum atomic E-state index is 0.138. The van der Waals surface area contributed by atoms with Crippen molar-refractivity contribution in [3.63, 3.8) is 0 Å². The first-order valence-electron chi connectivity index (χ1n) is 7.05. The molecule has 5 heteroatoms. The summed E-state index contributed by atoms with van der Waals surface area (Å²) in [5.41, 5.74) is 0. The summed E-state index contributed by atoms with van der Waals surface area (Å²) < 4.78 is 5.58. The molecule has 0 saturated heterocycles. The molecule has 0 aliphatic heterocycles. The Morgan fingerprint density at radius 1 is 1.47 bits per heavy atom. The van der Waals surface area contributed by atoms with Crippen LogP contribution in [0, 0.1) is 0 Å². The SMILES string of the molecule is CCSC1CCC(Nc2nccc(OC(C)C)n2)C1. The standard InChI is InChI=1S/C14H23N3OS/c1-4-19-12-6-5-11(9-12)16-14-15-8-7-13(17-14)18-10(2)3/h7-8,10-12H,4-6,9H2,1-3H3,(H,15,16,17). The predicted molar refractivity (Wildman–Crippen MR) is 81.0 cm³/mol. The lowest BCUT2D eigenvalue weighted by Crippen LogP contribution is -2.18. The average molecular weight is 281 g/mol. The summed E-state index contributed by atoms with van der Waals surface area (Å²) >= 11 is 2.06. The van der Waals surface area contributed by atoms with Gasteiger partial charge in [0.2, 0.25) is 11.8 Å². The van der Waals surface area contributed by atoms with Crippen LogP contribution in [0.2, 0.25) is 0 Å². The fourth-order valence-corrected chi connectivity index (χ4v) is 3.50. The van der Waals surface area contributed by atoms with Gasteiger partial charge in [-0.25, -0.2) is 4.98 Å². The van der Waals surface area contributed by atoms with Gasteiger partial charge in [-0.2, -0.15) is 16.7 Å². The Labute approximate surface area is 119 Å². The second-order valence-corrected chi connectivity index (χ2v) is 6.69. The van der Waals surface area contributed by atoms with Crippen LogP contribution in [0.4, 0.5) is 5.95 Å². The van der Waals surface area contributed by atoms with Crippen molar-refractivity contribution in [2.24, 2.45) is 0 Å². The van der Waals surface area contributed by atoms with Gasteiger partial charge >= 0.3 is 0 Å². The quantitative estimate of drug-likeness (QED) is 0.866. The zero-order valence-electron chi connectivity index (χ0n) is 11.9. The Bertz CT molecular complexity index is 400. The van der Waals surface area contributed by atoms with Crippen molar-refractivity contribution in [3.8, 4) is 5.88 Å². The molecule has 1 aromatic rings. The monoisotopic (exact) mass is 281 g/mol. The molecular weight excluding hydrogens is 258 g/mol. The van der Waals surface area contributed by atoms with Gasteiger partial charge in [0.1, 0.15) is 0 Å². The maximum absolute atomic E-state index is 5.58. The smallest absolute Gasteiger partial charge is 0.226 e. The Morgan fingerprint density at radius 3 is 3.05 bits per heavy atom. The maximum Gasteiger partial charge on any atom is 0.226 e. The Morgan fingerprint density at radius 2 is 2.32 bits per heavy atom. The maximum atomic E-state index is 5.58. The molecule has 0 aromatic carbocycles. The highest BCUT2D eigenvalue weighted by atomic mass is 32.2. The third-order valence-electron chi connectivity index (χ3n) is 3.11. The van der Waals surface area contributed by atoms with Crippen LogP contribution in [0.15, 0.2) is 12.3 Å². The van der Waals surface area contributed by atoms with E-state index in [2.05, 4.69) is 34.0 Å². The van der Waals surface area contributed by atoms with Gasteiger partial charge in [0.05, 0.1) is 6.10 Å². The van der Waals surface area contributed by atoms with Crippen molar-refractivity contribution in [2.45, 2.75) is 57.4 Å². The molecule has 1 heterocycles. The molecule has 0 bridgehead atoms. The minimum Gasteiger partial charge on any atom is -0.475 e. The molecule has 2 atom stereocenters. The normalized spacial score (nSPS) is 22.7. The van der Waals surface area contributed by atoms with E-state index in [9.17, 15) is 0 Å². The van der Waals surface area contributed by atoms with E-state index in [0.29, 0.717) is 17.9 Å². The zero-order valence-corrected chi connectivity index (χ0v) is 12.7. The summed E-state index contributed by atoms with van der Waals surface area (Å²) in [5, 5.41) is 4.22. The van der Waals surface area contributed by atoms with Gasteiger partial charge in [0.15, 0.2) is 0 Å². The molecular formula is C14H23N3OS. The van der Waals surface area contributed by atoms with Gasteiger partial charge in [-0.1, -0.05) is 6.92 Å². The van der Waals surface area contributed by atoms with E-state index >= 15 is 0 Å². The van der Waals surface area contributed by atoms with Gasteiger partial charge in [-0.3, -0.25) is 0 Å². The lowest BCUT2D eigenvalue weighted by molar-refractivity contribution is 0.232. The lowest BCUT2D eigenvalue weighted by Gasteiger charge is -2.14. The third-order valence-corrected chi connectivity index (χ3v) is 4.34. The van der Waals surface area contributed by atoms with Gasteiger partial charge < -0.3 is 10.1 Å². The number of rotatable bonds is 6. The molecule has 1 fully saturated rings. The first-order chi connectivity index (χ1) is 9.17. The Hall–Kier alpha value is -0.970. The largest absolute Gasteiger partial charge is 0.475 e. The number of hydrogen-bond donors (Lipinski definition) is 1. The molecule has 1 aromatic heterocycles. The molecule has 4 nitrogen and oxygen atoms in total. The van der Waals surface area contributed by atoms with Crippen LogP contribution >= 0.6 is 11.8 Å². The zero-order chi connectivity index (χ0) is 13.7. The van der Waals surface area contributed by atoms with Crippen molar-refractivity contribution in [3.05, 3.63) is 12.3 Å². The minimum absolute atomic E-state index is 0.138. The van der Waals surface area contributed by atoms with Crippen LogP contribution in [-0.4, -0.2) is 33.1 Å². The summed E-state index contributed by atoms with van der Waals surface area (Å²) in [4.78, 5) is 8.67. The molecule has 19 heavy (non-hydrogen) atoms.